The molecular weight excluding hydrogens is 510 g/mol. The van der Waals surface area contributed by atoms with Gasteiger partial charge in [0.25, 0.3) is 0 Å². The van der Waals surface area contributed by atoms with Gasteiger partial charge in [0.05, 0.1) is 0 Å². The summed E-state index contributed by atoms with van der Waals surface area (Å²) in [5.74, 6) is -0.278. The van der Waals surface area contributed by atoms with Gasteiger partial charge in [0.2, 0.25) is 12.3 Å². The molecule has 9 heteroatoms. The molecule has 2 amide bonds. The summed E-state index contributed by atoms with van der Waals surface area (Å²) >= 11 is 5.88. The van der Waals surface area contributed by atoms with E-state index in [1.807, 2.05) is 39.0 Å². The Hall–Kier alpha value is -2.55. The maximum Gasteiger partial charge on any atom is 0.231 e. The number of nitrogens with zero attached hydrogens (tertiary/aromatic N) is 2. The van der Waals surface area contributed by atoms with Crippen LogP contribution in [0.25, 0.3) is 0 Å². The van der Waals surface area contributed by atoms with Crippen LogP contribution < -0.4 is 4.72 Å². The summed E-state index contributed by atoms with van der Waals surface area (Å²) in [6.07, 6.45) is 8.56. The number of benzene rings is 1. The molecular formula is C28H44ClN3O4S. The minimum Gasteiger partial charge on any atom is -0.341 e. The summed E-state index contributed by atoms with van der Waals surface area (Å²) < 4.78 is 13.1. The van der Waals surface area contributed by atoms with Crippen LogP contribution in [-0.2, 0) is 31.9 Å². The van der Waals surface area contributed by atoms with Crippen LogP contribution in [0.4, 0.5) is 0 Å². The highest BCUT2D eigenvalue weighted by atomic mass is 35.5. The third kappa shape index (κ3) is 19.3. The van der Waals surface area contributed by atoms with Crippen molar-refractivity contribution in [3.05, 3.63) is 71.3 Å². The minimum atomic E-state index is -1.34. The number of aldehydes is 1. The molecule has 0 aliphatic carbocycles. The van der Waals surface area contributed by atoms with Crippen LogP contribution in [0.3, 0.4) is 0 Å². The Morgan fingerprint density at radius 2 is 1.89 bits per heavy atom. The summed E-state index contributed by atoms with van der Waals surface area (Å²) in [5, 5.41) is 0.623. The van der Waals surface area contributed by atoms with Gasteiger partial charge in [-0.3, -0.25) is 19.1 Å². The van der Waals surface area contributed by atoms with Crippen molar-refractivity contribution in [3.63, 3.8) is 0 Å². The number of rotatable bonds is 11. The molecule has 0 spiro atoms. The molecule has 0 saturated carbocycles. The summed E-state index contributed by atoms with van der Waals surface area (Å²) in [5.41, 5.74) is 2.05. The maximum atomic E-state index is 11.3. The highest BCUT2D eigenvalue weighted by Crippen LogP contribution is 2.13. The third-order valence-electron chi connectivity index (χ3n) is 5.11. The van der Waals surface area contributed by atoms with E-state index < -0.39 is 11.0 Å². The highest BCUT2D eigenvalue weighted by Gasteiger charge is 2.17. The quantitative estimate of drug-likeness (QED) is 0.234. The van der Waals surface area contributed by atoms with Gasteiger partial charge in [0.1, 0.15) is 17.3 Å². The second kappa shape index (κ2) is 22.6. The normalized spacial score (nSPS) is 14.6. The van der Waals surface area contributed by atoms with Crippen molar-refractivity contribution in [1.82, 2.24) is 14.5 Å². The molecule has 1 aromatic rings. The third-order valence-corrected chi connectivity index (χ3v) is 5.86. The number of allylic oxidation sites excluding steroid dienone is 4. The fourth-order valence-electron chi connectivity index (χ4n) is 2.72. The lowest BCUT2D eigenvalue weighted by atomic mass is 10.1. The molecule has 1 fully saturated rings. The molecule has 1 aromatic carbocycles. The lowest BCUT2D eigenvalue weighted by molar-refractivity contribution is -0.121. The van der Waals surface area contributed by atoms with Gasteiger partial charge in [-0.25, -0.2) is 4.21 Å². The van der Waals surface area contributed by atoms with Crippen LogP contribution in [0, 0.1) is 0 Å². The molecule has 2 atom stereocenters. The van der Waals surface area contributed by atoms with Gasteiger partial charge in [-0.1, -0.05) is 62.9 Å². The number of carbonyl (C=O) groups is 3. The van der Waals surface area contributed by atoms with E-state index in [-0.39, 0.29) is 12.3 Å². The predicted molar refractivity (Wildman–Crippen MR) is 157 cm³/mol. The van der Waals surface area contributed by atoms with Gasteiger partial charge in [-0.15, -0.1) is 0 Å². The van der Waals surface area contributed by atoms with Gasteiger partial charge in [0.15, 0.2) is 0 Å². The Morgan fingerprint density at radius 3 is 2.30 bits per heavy atom. The molecule has 2 unspecified atom stereocenters. The largest absolute Gasteiger partial charge is 0.341 e. The zero-order chi connectivity index (χ0) is 28.8. The number of carbonyl (C=O) groups excluding carboxylic acids is 3. The van der Waals surface area contributed by atoms with Crippen LogP contribution >= 0.6 is 11.6 Å². The Balaban J connectivity index is 0. The smallest absolute Gasteiger partial charge is 0.231 e. The molecule has 37 heavy (non-hydrogen) atoms. The number of amides is 2. The van der Waals surface area contributed by atoms with Crippen molar-refractivity contribution in [2.75, 3.05) is 26.4 Å². The summed E-state index contributed by atoms with van der Waals surface area (Å²) in [7, 11) is 0.818. The lowest BCUT2D eigenvalue weighted by Gasteiger charge is -2.34. The van der Waals surface area contributed by atoms with Gasteiger partial charge in [-0.05, 0) is 63.6 Å². The number of likely N-dealkylation sites (tertiary alicyclic amines) is 1. The first-order chi connectivity index (χ1) is 17.5. The Labute approximate surface area is 231 Å². The van der Waals surface area contributed by atoms with Crippen LogP contribution in [0.15, 0.2) is 60.7 Å². The monoisotopic (exact) mass is 553 g/mol. The number of hydrogen-bond acceptors (Lipinski definition) is 5. The summed E-state index contributed by atoms with van der Waals surface area (Å²) in [6, 6.07) is 8.14. The van der Waals surface area contributed by atoms with Crippen molar-refractivity contribution in [2.45, 2.75) is 59.5 Å². The summed E-state index contributed by atoms with van der Waals surface area (Å²) in [4.78, 5) is 36.2. The molecule has 1 N–H and O–H groups in total. The van der Waals surface area contributed by atoms with Gasteiger partial charge < -0.3 is 9.80 Å². The van der Waals surface area contributed by atoms with Crippen LogP contribution in [0.5, 0.6) is 0 Å². The average molecular weight is 554 g/mol. The molecule has 0 aromatic heterocycles. The van der Waals surface area contributed by atoms with Gasteiger partial charge in [0, 0.05) is 42.4 Å². The van der Waals surface area contributed by atoms with Gasteiger partial charge >= 0.3 is 0 Å². The second-order valence-electron chi connectivity index (χ2n) is 8.08. The van der Waals surface area contributed by atoms with E-state index >= 15 is 0 Å². The molecule has 0 bridgehead atoms. The lowest BCUT2D eigenvalue weighted by Crippen LogP contribution is -2.41. The Bertz CT molecular complexity index is 897. The highest BCUT2D eigenvalue weighted by molar-refractivity contribution is 7.82. The first kappa shape index (κ1) is 36.6. The standard InChI is InChI=1S/C13H17ClN2O3S.C8H10O.C5H11N.C2H6/c1-20(19)15-13(18)6-3-7-16(10-17)9-11-4-2-5-12(14)8-11;1-4-5-7(2)8(3)6-9;1-5-3-4-6(5)2;1-2/h2,4-5,8,10H,3,6-7,9H2,1H3,(H,15,18);4-6H,2-3H2,1H3;5H,3-4H2,1-2H3;1-2H3/b;5-4-;;. The first-order valence-corrected chi connectivity index (χ1v) is 14.2. The average Bonchev–Trinajstić information content (AvgIpc) is 2.88. The molecule has 1 heterocycles. The Kier molecular flexibility index (Phi) is 22.4. The van der Waals surface area contributed by atoms with Crippen molar-refractivity contribution in [3.8, 4) is 0 Å². The van der Waals surface area contributed by atoms with Crippen molar-refractivity contribution < 1.29 is 18.6 Å². The molecule has 2 rings (SSSR count). The molecule has 1 aliphatic rings. The molecule has 1 aliphatic heterocycles. The van der Waals surface area contributed by atoms with Crippen LogP contribution in [0.1, 0.15) is 52.5 Å². The maximum absolute atomic E-state index is 11.3. The minimum absolute atomic E-state index is 0.236. The van der Waals surface area contributed by atoms with E-state index in [0.29, 0.717) is 42.0 Å². The van der Waals surface area contributed by atoms with Crippen molar-refractivity contribution in [2.24, 2.45) is 0 Å². The molecule has 0 radical (unpaired) electrons. The van der Waals surface area contributed by atoms with Crippen LogP contribution in [-0.4, -0.2) is 65.0 Å². The van der Waals surface area contributed by atoms with E-state index in [4.69, 9.17) is 11.6 Å². The topological polar surface area (TPSA) is 86.8 Å². The van der Waals surface area contributed by atoms with Crippen molar-refractivity contribution >= 4 is 41.2 Å². The number of hydrogen-bond donors (Lipinski definition) is 1. The van der Waals surface area contributed by atoms with E-state index in [9.17, 15) is 18.6 Å². The van der Waals surface area contributed by atoms with E-state index in [2.05, 4.69) is 36.8 Å². The molecule has 7 nitrogen and oxygen atoms in total. The molecule has 208 valence electrons. The zero-order valence-corrected chi connectivity index (χ0v) is 24.7. The van der Waals surface area contributed by atoms with Crippen molar-refractivity contribution in [1.29, 1.82) is 0 Å². The van der Waals surface area contributed by atoms with E-state index in [1.165, 1.54) is 19.2 Å². The zero-order valence-electron chi connectivity index (χ0n) is 23.2. The second-order valence-corrected chi connectivity index (χ2v) is 9.62. The summed E-state index contributed by atoms with van der Waals surface area (Å²) in [6.45, 7) is 17.4. The number of halogens is 1. The Morgan fingerprint density at radius 1 is 1.27 bits per heavy atom. The molecule has 1 saturated heterocycles. The number of nitrogens with one attached hydrogen (secondary N) is 1. The van der Waals surface area contributed by atoms with E-state index in [1.54, 1.807) is 23.1 Å². The fourth-order valence-corrected chi connectivity index (χ4v) is 3.36. The SMILES string of the molecule is C=C(C=O)C(=C)/C=C\C.CC.CC1CCN1C.CS(=O)NC(=O)CCCN(C=O)Cc1cccc(Cl)c1. The first-order valence-electron chi connectivity index (χ1n) is 12.3. The fraction of sp³-hybridized carbons (Fsp3) is 0.464. The van der Waals surface area contributed by atoms with E-state index in [0.717, 1.165) is 18.0 Å². The predicted octanol–water partition coefficient (Wildman–Crippen LogP) is 5.10. The van der Waals surface area contributed by atoms with Crippen LogP contribution in [0.2, 0.25) is 5.02 Å². The van der Waals surface area contributed by atoms with Gasteiger partial charge in [-0.2, -0.15) is 0 Å².